The third kappa shape index (κ3) is 3.36. The Kier molecular flexibility index (Phi) is 4.14. The van der Waals surface area contributed by atoms with E-state index in [0.717, 1.165) is 37.5 Å². The van der Waals surface area contributed by atoms with E-state index in [0.29, 0.717) is 6.42 Å². The molecule has 1 aliphatic rings. The molecular formula is C20H22N4O. The van der Waals surface area contributed by atoms with Crippen LogP contribution in [0, 0.1) is 6.92 Å². The first-order valence-corrected chi connectivity index (χ1v) is 8.71. The van der Waals surface area contributed by atoms with Gasteiger partial charge >= 0.3 is 0 Å². The van der Waals surface area contributed by atoms with Crippen molar-refractivity contribution in [1.82, 2.24) is 14.3 Å². The Balaban J connectivity index is 1.37. The summed E-state index contributed by atoms with van der Waals surface area (Å²) >= 11 is 0. The molecule has 1 aromatic carbocycles. The summed E-state index contributed by atoms with van der Waals surface area (Å²) in [7, 11) is 0. The fourth-order valence-electron chi connectivity index (χ4n) is 3.38. The zero-order valence-electron chi connectivity index (χ0n) is 14.4. The summed E-state index contributed by atoms with van der Waals surface area (Å²) in [5, 5.41) is 0. The zero-order valence-corrected chi connectivity index (χ0v) is 14.4. The lowest BCUT2D eigenvalue weighted by Gasteiger charge is -2.36. The third-order valence-corrected chi connectivity index (χ3v) is 4.75. The molecule has 4 rings (SSSR count). The second kappa shape index (κ2) is 6.59. The molecule has 128 valence electrons. The van der Waals surface area contributed by atoms with Crippen LogP contribution < -0.4 is 4.90 Å². The third-order valence-electron chi connectivity index (χ3n) is 4.75. The van der Waals surface area contributed by atoms with E-state index in [1.807, 2.05) is 39.9 Å². The van der Waals surface area contributed by atoms with Gasteiger partial charge in [-0.3, -0.25) is 4.79 Å². The monoisotopic (exact) mass is 334 g/mol. The lowest BCUT2D eigenvalue weighted by atomic mass is 10.2. The molecule has 3 aromatic rings. The molecule has 0 N–H and O–H groups in total. The molecule has 0 spiro atoms. The number of aryl methyl sites for hydroxylation is 1. The number of rotatable bonds is 3. The van der Waals surface area contributed by atoms with Crippen molar-refractivity contribution < 1.29 is 4.79 Å². The van der Waals surface area contributed by atoms with Crippen LogP contribution in [-0.2, 0) is 11.2 Å². The predicted molar refractivity (Wildman–Crippen MR) is 98.9 cm³/mol. The summed E-state index contributed by atoms with van der Waals surface area (Å²) in [6.45, 7) is 5.39. The molecule has 0 radical (unpaired) electrons. The zero-order chi connectivity index (χ0) is 17.2. The van der Waals surface area contributed by atoms with Crippen LogP contribution in [0.2, 0.25) is 0 Å². The van der Waals surface area contributed by atoms with E-state index in [1.54, 1.807) is 0 Å². The molecule has 0 aliphatic carbocycles. The van der Waals surface area contributed by atoms with Crippen molar-refractivity contribution >= 4 is 17.2 Å². The van der Waals surface area contributed by atoms with Crippen LogP contribution in [0.4, 0.5) is 5.69 Å². The van der Waals surface area contributed by atoms with Gasteiger partial charge in [-0.15, -0.1) is 0 Å². The minimum atomic E-state index is 0.160. The quantitative estimate of drug-likeness (QED) is 0.739. The maximum absolute atomic E-state index is 12.6. The Morgan fingerprint density at radius 2 is 1.92 bits per heavy atom. The van der Waals surface area contributed by atoms with Gasteiger partial charge in [0.05, 0.1) is 12.1 Å². The Hall–Kier alpha value is -2.82. The van der Waals surface area contributed by atoms with Gasteiger partial charge in [0.15, 0.2) is 0 Å². The van der Waals surface area contributed by atoms with Crippen LogP contribution in [0.15, 0.2) is 54.9 Å². The predicted octanol–water partition coefficient (Wildman–Crippen LogP) is 2.53. The van der Waals surface area contributed by atoms with Gasteiger partial charge in [-0.05, 0) is 36.8 Å². The van der Waals surface area contributed by atoms with Crippen LogP contribution in [0.3, 0.4) is 0 Å². The summed E-state index contributed by atoms with van der Waals surface area (Å²) in [5.74, 6) is 0.160. The van der Waals surface area contributed by atoms with E-state index in [1.165, 1.54) is 11.3 Å². The van der Waals surface area contributed by atoms with Crippen molar-refractivity contribution in [3.05, 3.63) is 66.1 Å². The number of carbonyl (C=O) groups is 1. The van der Waals surface area contributed by atoms with Crippen molar-refractivity contribution in [3.8, 4) is 0 Å². The smallest absolute Gasteiger partial charge is 0.228 e. The van der Waals surface area contributed by atoms with Gasteiger partial charge in [0.25, 0.3) is 0 Å². The second-order valence-electron chi connectivity index (χ2n) is 6.58. The second-order valence-corrected chi connectivity index (χ2v) is 6.58. The molecule has 1 fully saturated rings. The average Bonchev–Trinajstić information content (AvgIpc) is 3.04. The molecule has 0 atom stereocenters. The molecule has 0 unspecified atom stereocenters. The van der Waals surface area contributed by atoms with Gasteiger partial charge < -0.3 is 14.2 Å². The lowest BCUT2D eigenvalue weighted by molar-refractivity contribution is -0.130. The minimum absolute atomic E-state index is 0.160. The molecule has 5 nitrogen and oxygen atoms in total. The van der Waals surface area contributed by atoms with Gasteiger partial charge in [0.2, 0.25) is 5.91 Å². The normalized spacial score (nSPS) is 14.9. The number of aromatic nitrogens is 2. The minimum Gasteiger partial charge on any atom is -0.368 e. The van der Waals surface area contributed by atoms with Crippen molar-refractivity contribution in [2.75, 3.05) is 31.1 Å². The van der Waals surface area contributed by atoms with Crippen LogP contribution in [-0.4, -0.2) is 46.4 Å². The maximum Gasteiger partial charge on any atom is 0.228 e. The van der Waals surface area contributed by atoms with Crippen LogP contribution >= 0.6 is 0 Å². The van der Waals surface area contributed by atoms with Crippen LogP contribution in [0.25, 0.3) is 5.65 Å². The van der Waals surface area contributed by atoms with Crippen molar-refractivity contribution in [1.29, 1.82) is 0 Å². The highest BCUT2D eigenvalue weighted by molar-refractivity contribution is 5.79. The van der Waals surface area contributed by atoms with Crippen molar-refractivity contribution in [2.24, 2.45) is 0 Å². The number of carbonyl (C=O) groups excluding carboxylic acids is 1. The summed E-state index contributed by atoms with van der Waals surface area (Å²) in [5.41, 5.74) is 4.22. The Morgan fingerprint density at radius 1 is 1.08 bits per heavy atom. The summed E-state index contributed by atoms with van der Waals surface area (Å²) in [4.78, 5) is 21.4. The number of nitrogens with zero attached hydrogens (tertiary/aromatic N) is 4. The van der Waals surface area contributed by atoms with Crippen LogP contribution in [0.1, 0.15) is 11.3 Å². The fraction of sp³-hybridized carbons (Fsp3) is 0.300. The fourth-order valence-corrected chi connectivity index (χ4v) is 3.38. The van der Waals surface area contributed by atoms with E-state index in [2.05, 4.69) is 41.1 Å². The van der Waals surface area contributed by atoms with E-state index < -0.39 is 0 Å². The Morgan fingerprint density at radius 3 is 2.68 bits per heavy atom. The molecule has 3 heterocycles. The number of hydrogen-bond donors (Lipinski definition) is 0. The highest BCUT2D eigenvalue weighted by Crippen LogP contribution is 2.18. The summed E-state index contributed by atoms with van der Waals surface area (Å²) < 4.78 is 1.96. The van der Waals surface area contributed by atoms with Crippen molar-refractivity contribution in [3.63, 3.8) is 0 Å². The highest BCUT2D eigenvalue weighted by Gasteiger charge is 2.22. The molecular weight excluding hydrogens is 312 g/mol. The van der Waals surface area contributed by atoms with E-state index in [9.17, 15) is 4.79 Å². The number of benzene rings is 1. The molecule has 1 saturated heterocycles. The Labute approximate surface area is 147 Å². The summed E-state index contributed by atoms with van der Waals surface area (Å²) in [6.07, 6.45) is 4.26. The Bertz CT molecular complexity index is 860. The first kappa shape index (κ1) is 15.7. The average molecular weight is 334 g/mol. The molecule has 0 saturated carbocycles. The van der Waals surface area contributed by atoms with Gasteiger partial charge in [-0.1, -0.05) is 18.2 Å². The van der Waals surface area contributed by atoms with Crippen molar-refractivity contribution in [2.45, 2.75) is 13.3 Å². The summed E-state index contributed by atoms with van der Waals surface area (Å²) in [6, 6.07) is 14.4. The molecule has 5 heteroatoms. The lowest BCUT2D eigenvalue weighted by Crippen LogP contribution is -2.49. The molecule has 1 aliphatic heterocycles. The van der Waals surface area contributed by atoms with Crippen LogP contribution in [0.5, 0.6) is 0 Å². The SMILES string of the molecule is Cc1cccc(N2CCN(C(=O)Cc3cn4ccccc4n3)CC2)c1. The number of pyridine rings is 1. The van der Waals surface area contributed by atoms with E-state index in [4.69, 9.17) is 0 Å². The first-order valence-electron chi connectivity index (χ1n) is 8.71. The number of amides is 1. The van der Waals surface area contributed by atoms with Gasteiger partial charge in [0.1, 0.15) is 5.65 Å². The molecule has 25 heavy (non-hydrogen) atoms. The molecule has 2 aromatic heterocycles. The number of anilines is 1. The molecule has 1 amide bonds. The van der Waals surface area contributed by atoms with Gasteiger partial charge in [-0.25, -0.2) is 4.98 Å². The highest BCUT2D eigenvalue weighted by atomic mass is 16.2. The maximum atomic E-state index is 12.6. The standard InChI is InChI=1S/C20H22N4O/c1-16-5-4-6-18(13-16)22-9-11-23(12-10-22)20(25)14-17-15-24-8-3-2-7-19(24)21-17/h2-8,13,15H,9-12,14H2,1H3. The molecule has 0 bridgehead atoms. The van der Waals surface area contributed by atoms with Gasteiger partial charge in [-0.2, -0.15) is 0 Å². The van der Waals surface area contributed by atoms with E-state index in [-0.39, 0.29) is 5.91 Å². The topological polar surface area (TPSA) is 40.9 Å². The number of hydrogen-bond acceptors (Lipinski definition) is 3. The first-order chi connectivity index (χ1) is 12.2. The number of piperazine rings is 1. The largest absolute Gasteiger partial charge is 0.368 e. The number of fused-ring (bicyclic) bond motifs is 1. The number of imidazole rings is 1. The van der Waals surface area contributed by atoms with Gasteiger partial charge in [0, 0.05) is 44.3 Å². The van der Waals surface area contributed by atoms with E-state index >= 15 is 0 Å².